The van der Waals surface area contributed by atoms with Gasteiger partial charge >= 0.3 is 0 Å². The SMILES string of the molecule is Cc1cc(C(=O)Nc2ccccc2C(=O)NC[C@H]2CCCO2)c(C)o1. The molecule has 25 heavy (non-hydrogen) atoms. The first-order valence-electron chi connectivity index (χ1n) is 8.42. The number of benzene rings is 1. The van der Waals surface area contributed by atoms with E-state index in [4.69, 9.17) is 9.15 Å². The minimum absolute atomic E-state index is 0.0715. The highest BCUT2D eigenvalue weighted by atomic mass is 16.5. The first-order valence-corrected chi connectivity index (χ1v) is 8.42. The Hall–Kier alpha value is -2.60. The Balaban J connectivity index is 1.70. The van der Waals surface area contributed by atoms with E-state index in [0.717, 1.165) is 19.4 Å². The molecule has 1 atom stereocenters. The van der Waals surface area contributed by atoms with Crippen molar-refractivity contribution in [3.8, 4) is 0 Å². The molecule has 1 aliphatic rings. The quantitative estimate of drug-likeness (QED) is 0.875. The van der Waals surface area contributed by atoms with Crippen LogP contribution in [0.15, 0.2) is 34.7 Å². The number of anilines is 1. The number of carbonyl (C=O) groups excluding carboxylic acids is 2. The number of ether oxygens (including phenoxy) is 1. The molecule has 2 N–H and O–H groups in total. The number of hydrogen-bond donors (Lipinski definition) is 2. The molecule has 0 unspecified atom stereocenters. The van der Waals surface area contributed by atoms with Crippen molar-refractivity contribution in [2.45, 2.75) is 32.8 Å². The number of hydrogen-bond acceptors (Lipinski definition) is 4. The van der Waals surface area contributed by atoms with Crippen molar-refractivity contribution < 1.29 is 18.7 Å². The third-order valence-corrected chi connectivity index (χ3v) is 4.22. The van der Waals surface area contributed by atoms with Gasteiger partial charge in [0.05, 0.1) is 22.9 Å². The molecule has 2 heterocycles. The number of rotatable bonds is 5. The van der Waals surface area contributed by atoms with Crippen LogP contribution in [0.4, 0.5) is 5.69 Å². The minimum atomic E-state index is -0.297. The summed E-state index contributed by atoms with van der Waals surface area (Å²) >= 11 is 0. The van der Waals surface area contributed by atoms with Gasteiger partial charge in [-0.05, 0) is 44.9 Å². The van der Waals surface area contributed by atoms with Gasteiger partial charge in [-0.15, -0.1) is 0 Å². The fraction of sp³-hybridized carbons (Fsp3) is 0.368. The molecule has 132 valence electrons. The normalized spacial score (nSPS) is 16.6. The Morgan fingerprint density at radius 3 is 2.64 bits per heavy atom. The molecule has 0 bridgehead atoms. The van der Waals surface area contributed by atoms with Crippen LogP contribution in [0, 0.1) is 13.8 Å². The maximum absolute atomic E-state index is 12.5. The van der Waals surface area contributed by atoms with Gasteiger partial charge in [0.25, 0.3) is 11.8 Å². The van der Waals surface area contributed by atoms with Gasteiger partial charge in [-0.3, -0.25) is 9.59 Å². The average molecular weight is 342 g/mol. The monoisotopic (exact) mass is 342 g/mol. The lowest BCUT2D eigenvalue weighted by Crippen LogP contribution is -2.32. The zero-order valence-corrected chi connectivity index (χ0v) is 14.4. The Morgan fingerprint density at radius 1 is 1.16 bits per heavy atom. The van der Waals surface area contributed by atoms with Crippen LogP contribution in [-0.4, -0.2) is 31.1 Å². The van der Waals surface area contributed by atoms with E-state index in [0.29, 0.717) is 34.9 Å². The summed E-state index contributed by atoms with van der Waals surface area (Å²) in [6, 6.07) is 8.63. The highest BCUT2D eigenvalue weighted by Crippen LogP contribution is 2.19. The summed E-state index contributed by atoms with van der Waals surface area (Å²) in [7, 11) is 0. The molecule has 0 saturated carbocycles. The van der Waals surface area contributed by atoms with Crippen LogP contribution < -0.4 is 10.6 Å². The van der Waals surface area contributed by atoms with Crippen LogP contribution >= 0.6 is 0 Å². The van der Waals surface area contributed by atoms with Crippen LogP contribution in [0.2, 0.25) is 0 Å². The molecule has 1 fully saturated rings. The average Bonchev–Trinajstić information content (AvgIpc) is 3.22. The maximum atomic E-state index is 12.5. The predicted octanol–water partition coefficient (Wildman–Crippen LogP) is 3.06. The van der Waals surface area contributed by atoms with Crippen molar-refractivity contribution in [1.82, 2.24) is 5.32 Å². The molecule has 6 nitrogen and oxygen atoms in total. The highest BCUT2D eigenvalue weighted by Gasteiger charge is 2.19. The lowest BCUT2D eigenvalue weighted by atomic mass is 10.1. The fourth-order valence-electron chi connectivity index (χ4n) is 2.94. The van der Waals surface area contributed by atoms with E-state index in [2.05, 4.69) is 10.6 Å². The summed E-state index contributed by atoms with van der Waals surface area (Å²) < 4.78 is 10.9. The number of para-hydroxylation sites is 1. The van der Waals surface area contributed by atoms with Crippen molar-refractivity contribution in [2.75, 3.05) is 18.5 Å². The van der Waals surface area contributed by atoms with E-state index in [1.165, 1.54) is 0 Å². The van der Waals surface area contributed by atoms with Crippen LogP contribution in [0.5, 0.6) is 0 Å². The number of furan rings is 1. The maximum Gasteiger partial charge on any atom is 0.259 e. The van der Waals surface area contributed by atoms with Gasteiger partial charge in [0.2, 0.25) is 0 Å². The molecular weight excluding hydrogens is 320 g/mol. The summed E-state index contributed by atoms with van der Waals surface area (Å²) in [4.78, 5) is 24.9. The molecule has 1 aliphatic heterocycles. The number of aryl methyl sites for hydroxylation is 2. The smallest absolute Gasteiger partial charge is 0.259 e. The Bertz CT molecular complexity index is 775. The third-order valence-electron chi connectivity index (χ3n) is 4.22. The van der Waals surface area contributed by atoms with E-state index >= 15 is 0 Å². The Morgan fingerprint density at radius 2 is 1.96 bits per heavy atom. The van der Waals surface area contributed by atoms with Gasteiger partial charge in [0, 0.05) is 13.2 Å². The fourth-order valence-corrected chi connectivity index (χ4v) is 2.94. The van der Waals surface area contributed by atoms with Crippen molar-refractivity contribution >= 4 is 17.5 Å². The second-order valence-electron chi connectivity index (χ2n) is 6.17. The zero-order valence-electron chi connectivity index (χ0n) is 14.4. The Kier molecular flexibility index (Phi) is 5.19. The van der Waals surface area contributed by atoms with E-state index in [-0.39, 0.29) is 17.9 Å². The first kappa shape index (κ1) is 17.2. The largest absolute Gasteiger partial charge is 0.466 e. The van der Waals surface area contributed by atoms with E-state index in [1.807, 2.05) is 0 Å². The summed E-state index contributed by atoms with van der Waals surface area (Å²) in [6.07, 6.45) is 2.05. The standard InChI is InChI=1S/C19H22N2O4/c1-12-10-16(13(2)25-12)19(23)21-17-8-4-3-7-15(17)18(22)20-11-14-6-5-9-24-14/h3-4,7-8,10,14H,5-6,9,11H2,1-2H3,(H,20,22)(H,21,23)/t14-/m1/s1. The van der Waals surface area contributed by atoms with Gasteiger partial charge in [0.15, 0.2) is 0 Å². The summed E-state index contributed by atoms with van der Waals surface area (Å²) in [5.41, 5.74) is 1.36. The van der Waals surface area contributed by atoms with Crippen LogP contribution in [-0.2, 0) is 4.74 Å². The van der Waals surface area contributed by atoms with Crippen molar-refractivity contribution in [2.24, 2.45) is 0 Å². The molecule has 1 aromatic carbocycles. The second kappa shape index (κ2) is 7.53. The Labute approximate surface area is 146 Å². The molecule has 0 radical (unpaired) electrons. The third kappa shape index (κ3) is 4.09. The first-order chi connectivity index (χ1) is 12.0. The molecule has 2 amide bonds. The van der Waals surface area contributed by atoms with E-state index < -0.39 is 0 Å². The van der Waals surface area contributed by atoms with Gasteiger partial charge < -0.3 is 19.8 Å². The molecule has 0 aliphatic carbocycles. The summed E-state index contributed by atoms with van der Waals surface area (Å²) in [5, 5.41) is 5.67. The topological polar surface area (TPSA) is 80.6 Å². The van der Waals surface area contributed by atoms with Gasteiger partial charge in [-0.1, -0.05) is 12.1 Å². The molecule has 0 spiro atoms. The molecule has 3 rings (SSSR count). The second-order valence-corrected chi connectivity index (χ2v) is 6.17. The highest BCUT2D eigenvalue weighted by molar-refractivity contribution is 6.09. The predicted molar refractivity (Wildman–Crippen MR) is 93.9 cm³/mol. The van der Waals surface area contributed by atoms with Crippen molar-refractivity contribution in [3.63, 3.8) is 0 Å². The van der Waals surface area contributed by atoms with Gasteiger partial charge in [-0.2, -0.15) is 0 Å². The minimum Gasteiger partial charge on any atom is -0.466 e. The van der Waals surface area contributed by atoms with Crippen molar-refractivity contribution in [1.29, 1.82) is 0 Å². The van der Waals surface area contributed by atoms with Crippen LogP contribution in [0.1, 0.15) is 45.1 Å². The van der Waals surface area contributed by atoms with Crippen LogP contribution in [0.25, 0.3) is 0 Å². The summed E-state index contributed by atoms with van der Waals surface area (Å²) in [6.45, 7) is 4.75. The summed E-state index contributed by atoms with van der Waals surface area (Å²) in [5.74, 6) is 0.695. The molecule has 1 aromatic heterocycles. The number of amides is 2. The molecule has 6 heteroatoms. The van der Waals surface area contributed by atoms with E-state index in [9.17, 15) is 9.59 Å². The molecular formula is C19H22N2O4. The number of nitrogens with one attached hydrogen (secondary N) is 2. The van der Waals surface area contributed by atoms with Gasteiger partial charge in [-0.25, -0.2) is 0 Å². The lowest BCUT2D eigenvalue weighted by Gasteiger charge is -2.13. The van der Waals surface area contributed by atoms with Gasteiger partial charge in [0.1, 0.15) is 11.5 Å². The van der Waals surface area contributed by atoms with Crippen LogP contribution in [0.3, 0.4) is 0 Å². The zero-order chi connectivity index (χ0) is 17.8. The lowest BCUT2D eigenvalue weighted by molar-refractivity contribution is 0.0858. The van der Waals surface area contributed by atoms with Crippen molar-refractivity contribution in [3.05, 3.63) is 53.0 Å². The number of carbonyl (C=O) groups is 2. The molecule has 2 aromatic rings. The molecule has 1 saturated heterocycles. The van der Waals surface area contributed by atoms with E-state index in [1.54, 1.807) is 44.2 Å².